The lowest BCUT2D eigenvalue weighted by Gasteiger charge is -2.17. The normalized spacial score (nSPS) is 12.5. The van der Waals surface area contributed by atoms with Gasteiger partial charge in [0.15, 0.2) is 0 Å². The Kier molecular flexibility index (Phi) is 6.65. The van der Waals surface area contributed by atoms with Crippen LogP contribution >= 0.6 is 23.2 Å². The minimum absolute atomic E-state index is 0.0292. The molecule has 0 fully saturated rings. The number of sulfone groups is 1. The first kappa shape index (κ1) is 18.7. The first-order chi connectivity index (χ1) is 10.1. The van der Waals surface area contributed by atoms with Crippen molar-refractivity contribution in [1.29, 1.82) is 0 Å². The summed E-state index contributed by atoms with van der Waals surface area (Å²) in [6.45, 7) is 1.25. The number of halogens is 2. The Balaban J connectivity index is 2.84. The second-order valence-electron chi connectivity index (χ2n) is 4.82. The van der Waals surface area contributed by atoms with Gasteiger partial charge in [0.05, 0.1) is 5.75 Å². The third-order valence-corrected chi connectivity index (χ3v) is 4.02. The average molecular weight is 367 g/mol. The quantitative estimate of drug-likeness (QED) is 0.803. The third kappa shape index (κ3) is 7.11. The van der Waals surface area contributed by atoms with E-state index in [1.54, 1.807) is 0 Å². The average Bonchev–Trinajstić information content (AvgIpc) is 2.31. The van der Waals surface area contributed by atoms with Crippen LogP contribution in [0.2, 0.25) is 10.0 Å². The van der Waals surface area contributed by atoms with Gasteiger partial charge in [-0.1, -0.05) is 23.2 Å². The summed E-state index contributed by atoms with van der Waals surface area (Å²) in [5.74, 6) is -1.20. The molecule has 2 N–H and O–H groups in total. The number of nitrogens with one attached hydrogen (secondary N) is 2. The van der Waals surface area contributed by atoms with Crippen molar-refractivity contribution in [3.05, 3.63) is 28.2 Å². The molecular weight excluding hydrogens is 351 g/mol. The first-order valence-corrected chi connectivity index (χ1v) is 9.10. The van der Waals surface area contributed by atoms with Gasteiger partial charge >= 0.3 is 0 Å². The molecule has 0 saturated heterocycles. The van der Waals surface area contributed by atoms with Crippen LogP contribution in [0.1, 0.15) is 13.3 Å². The Morgan fingerprint density at radius 2 is 1.73 bits per heavy atom. The van der Waals surface area contributed by atoms with E-state index in [9.17, 15) is 18.0 Å². The molecule has 1 aromatic carbocycles. The van der Waals surface area contributed by atoms with Crippen molar-refractivity contribution in [3.8, 4) is 0 Å². The molecule has 1 aromatic rings. The minimum Gasteiger partial charge on any atom is -0.345 e. The number of carbonyl (C=O) groups is 2. The molecule has 0 heterocycles. The molecule has 0 aromatic heterocycles. The zero-order chi connectivity index (χ0) is 16.9. The Labute approximate surface area is 139 Å². The van der Waals surface area contributed by atoms with E-state index < -0.39 is 27.7 Å². The number of anilines is 1. The van der Waals surface area contributed by atoms with Crippen LogP contribution in [0, 0.1) is 0 Å². The standard InChI is InChI=1S/C13H16Cl2N2O4S/c1-8(18)16-12(3-4-22(2,20)21)13(19)17-11-6-9(14)5-10(15)7-11/h5-7,12H,3-4H2,1-2H3,(H,16,18)(H,17,19). The van der Waals surface area contributed by atoms with Gasteiger partial charge in [-0.3, -0.25) is 9.59 Å². The van der Waals surface area contributed by atoms with E-state index in [0.29, 0.717) is 15.7 Å². The Bertz CT molecular complexity index is 656. The third-order valence-electron chi connectivity index (χ3n) is 2.60. The molecule has 0 aliphatic rings. The minimum atomic E-state index is -3.25. The summed E-state index contributed by atoms with van der Waals surface area (Å²) in [7, 11) is -3.25. The highest BCUT2D eigenvalue weighted by Crippen LogP contribution is 2.22. The van der Waals surface area contributed by atoms with Crippen molar-refractivity contribution < 1.29 is 18.0 Å². The molecule has 0 aliphatic carbocycles. The zero-order valence-corrected chi connectivity index (χ0v) is 14.3. The maximum Gasteiger partial charge on any atom is 0.246 e. The fourth-order valence-corrected chi connectivity index (χ4v) is 2.89. The summed E-state index contributed by atoms with van der Waals surface area (Å²) in [6.07, 6.45) is 1.03. The summed E-state index contributed by atoms with van der Waals surface area (Å²) >= 11 is 11.7. The van der Waals surface area contributed by atoms with E-state index in [2.05, 4.69) is 10.6 Å². The fourth-order valence-electron chi connectivity index (χ4n) is 1.70. The van der Waals surface area contributed by atoms with Gasteiger partial charge in [-0.25, -0.2) is 8.42 Å². The topological polar surface area (TPSA) is 92.3 Å². The maximum absolute atomic E-state index is 12.2. The molecule has 1 atom stereocenters. The van der Waals surface area contributed by atoms with Gasteiger partial charge in [0.1, 0.15) is 15.9 Å². The number of carbonyl (C=O) groups excluding carboxylic acids is 2. The monoisotopic (exact) mass is 366 g/mol. The van der Waals surface area contributed by atoms with Crippen LogP contribution in [0.4, 0.5) is 5.69 Å². The lowest BCUT2D eigenvalue weighted by Crippen LogP contribution is -2.43. The lowest BCUT2D eigenvalue weighted by molar-refractivity contribution is -0.125. The van der Waals surface area contributed by atoms with Crippen molar-refractivity contribution >= 4 is 50.5 Å². The van der Waals surface area contributed by atoms with Gasteiger partial charge in [0, 0.05) is 28.9 Å². The second kappa shape index (κ2) is 7.80. The molecular formula is C13H16Cl2N2O4S. The lowest BCUT2D eigenvalue weighted by atomic mass is 10.2. The van der Waals surface area contributed by atoms with E-state index in [-0.39, 0.29) is 12.2 Å². The summed E-state index contributed by atoms with van der Waals surface area (Å²) in [5.41, 5.74) is 0.359. The zero-order valence-electron chi connectivity index (χ0n) is 12.0. The molecule has 9 heteroatoms. The van der Waals surface area contributed by atoms with E-state index >= 15 is 0 Å². The van der Waals surface area contributed by atoms with Gasteiger partial charge in [0.25, 0.3) is 0 Å². The largest absolute Gasteiger partial charge is 0.345 e. The van der Waals surface area contributed by atoms with Gasteiger partial charge in [-0.05, 0) is 24.6 Å². The van der Waals surface area contributed by atoms with E-state index in [1.165, 1.54) is 25.1 Å². The van der Waals surface area contributed by atoms with Crippen molar-refractivity contribution in [3.63, 3.8) is 0 Å². The fraction of sp³-hybridized carbons (Fsp3) is 0.385. The Morgan fingerprint density at radius 1 is 1.18 bits per heavy atom. The van der Waals surface area contributed by atoms with Crippen molar-refractivity contribution in [2.45, 2.75) is 19.4 Å². The first-order valence-electron chi connectivity index (χ1n) is 6.28. The van der Waals surface area contributed by atoms with Crippen LogP contribution in [-0.2, 0) is 19.4 Å². The highest BCUT2D eigenvalue weighted by molar-refractivity contribution is 7.90. The Hall–Kier alpha value is -1.31. The summed E-state index contributed by atoms with van der Waals surface area (Å²) in [6, 6.07) is 3.53. The van der Waals surface area contributed by atoms with Gasteiger partial charge in [-0.15, -0.1) is 0 Å². The van der Waals surface area contributed by atoms with Crippen LogP contribution in [0.25, 0.3) is 0 Å². The molecule has 0 aliphatic heterocycles. The summed E-state index contributed by atoms with van der Waals surface area (Å²) in [4.78, 5) is 23.3. The second-order valence-corrected chi connectivity index (χ2v) is 7.95. The van der Waals surface area contributed by atoms with E-state index in [0.717, 1.165) is 6.26 Å². The summed E-state index contributed by atoms with van der Waals surface area (Å²) in [5, 5.41) is 5.65. The predicted molar refractivity (Wildman–Crippen MR) is 87.0 cm³/mol. The highest BCUT2D eigenvalue weighted by Gasteiger charge is 2.21. The van der Waals surface area contributed by atoms with Crippen molar-refractivity contribution in [1.82, 2.24) is 5.32 Å². The number of benzene rings is 1. The molecule has 2 amide bonds. The number of hydrogen-bond donors (Lipinski definition) is 2. The number of hydrogen-bond acceptors (Lipinski definition) is 4. The molecule has 22 heavy (non-hydrogen) atoms. The van der Waals surface area contributed by atoms with Crippen LogP contribution < -0.4 is 10.6 Å². The van der Waals surface area contributed by atoms with Crippen LogP contribution in [-0.4, -0.2) is 38.3 Å². The molecule has 1 rings (SSSR count). The van der Waals surface area contributed by atoms with Crippen molar-refractivity contribution in [2.24, 2.45) is 0 Å². The SMILES string of the molecule is CC(=O)NC(CCS(C)(=O)=O)C(=O)Nc1cc(Cl)cc(Cl)c1. The van der Waals surface area contributed by atoms with E-state index in [1.807, 2.05) is 0 Å². The van der Waals surface area contributed by atoms with Gasteiger partial charge < -0.3 is 10.6 Å². The van der Waals surface area contributed by atoms with Gasteiger partial charge in [0.2, 0.25) is 11.8 Å². The van der Waals surface area contributed by atoms with E-state index in [4.69, 9.17) is 23.2 Å². The molecule has 122 valence electrons. The molecule has 0 saturated carbocycles. The molecule has 0 bridgehead atoms. The molecule has 6 nitrogen and oxygen atoms in total. The molecule has 1 unspecified atom stereocenters. The predicted octanol–water partition coefficient (Wildman–Crippen LogP) is 1.87. The van der Waals surface area contributed by atoms with Crippen LogP contribution in [0.15, 0.2) is 18.2 Å². The Morgan fingerprint density at radius 3 is 2.18 bits per heavy atom. The van der Waals surface area contributed by atoms with Crippen LogP contribution in [0.3, 0.4) is 0 Å². The molecule has 0 spiro atoms. The smallest absolute Gasteiger partial charge is 0.246 e. The highest BCUT2D eigenvalue weighted by atomic mass is 35.5. The van der Waals surface area contributed by atoms with Crippen LogP contribution in [0.5, 0.6) is 0 Å². The molecule has 0 radical (unpaired) electrons. The maximum atomic E-state index is 12.2. The number of amides is 2. The van der Waals surface area contributed by atoms with Crippen molar-refractivity contribution in [2.75, 3.05) is 17.3 Å². The summed E-state index contributed by atoms with van der Waals surface area (Å²) < 4.78 is 22.4. The number of rotatable bonds is 6. The van der Waals surface area contributed by atoms with Gasteiger partial charge in [-0.2, -0.15) is 0 Å².